The fourth-order valence-corrected chi connectivity index (χ4v) is 5.16. The number of halogens is 1. The van der Waals surface area contributed by atoms with Crippen LogP contribution in [0.5, 0.6) is 0 Å². The largest absolute Gasteiger partial charge is 0.341 e. The Balaban J connectivity index is 1.49. The monoisotopic (exact) mass is 512 g/mol. The van der Waals surface area contributed by atoms with Gasteiger partial charge in [0.2, 0.25) is 5.91 Å². The maximum atomic E-state index is 14.3. The number of likely N-dealkylation sites (N-methyl/N-ethyl adjacent to an activating group) is 1. The number of aryl methyl sites for hydroxylation is 2. The summed E-state index contributed by atoms with van der Waals surface area (Å²) in [4.78, 5) is 56.8. The molecule has 0 aliphatic carbocycles. The lowest BCUT2D eigenvalue weighted by atomic mass is 9.85. The molecule has 1 aromatic carbocycles. The maximum Gasteiger partial charge on any atom is 0.327 e. The van der Waals surface area contributed by atoms with Crippen LogP contribution >= 0.6 is 0 Å². The van der Waals surface area contributed by atoms with Crippen molar-refractivity contribution in [2.75, 3.05) is 20.1 Å². The standard InChI is InChI=1S/C26H33FN6O4/c1-16(2)21(29-22(34)19-12-17(3)6-7-20(19)27)23(35)32-10-8-26(9-11-32)24(36)31(5)25(37)33(26)15-18-13-28-30(4)14-18/h6-7,12-14,16,21H,8-11,15H2,1-5H3,(H,29,34)/t21-/m1/s1. The first-order valence-electron chi connectivity index (χ1n) is 12.4. The number of urea groups is 1. The topological polar surface area (TPSA) is 108 Å². The van der Waals surface area contributed by atoms with Gasteiger partial charge in [-0.3, -0.25) is 24.0 Å². The molecule has 2 saturated heterocycles. The van der Waals surface area contributed by atoms with E-state index in [2.05, 4.69) is 10.4 Å². The predicted octanol–water partition coefficient (Wildman–Crippen LogP) is 2.08. The molecule has 5 amide bonds. The molecule has 1 N–H and O–H groups in total. The number of piperidine rings is 1. The summed E-state index contributed by atoms with van der Waals surface area (Å²) in [7, 11) is 3.26. The van der Waals surface area contributed by atoms with Gasteiger partial charge in [0.15, 0.2) is 0 Å². The van der Waals surface area contributed by atoms with Crippen molar-refractivity contribution in [3.63, 3.8) is 0 Å². The Bertz CT molecular complexity index is 1230. The van der Waals surface area contributed by atoms with Gasteiger partial charge >= 0.3 is 6.03 Å². The minimum atomic E-state index is -1.04. The molecular weight excluding hydrogens is 479 g/mol. The van der Waals surface area contributed by atoms with Crippen molar-refractivity contribution in [3.8, 4) is 0 Å². The van der Waals surface area contributed by atoms with E-state index in [0.29, 0.717) is 0 Å². The van der Waals surface area contributed by atoms with E-state index in [1.165, 1.54) is 19.2 Å². The first kappa shape index (κ1) is 26.3. The zero-order chi connectivity index (χ0) is 27.1. The van der Waals surface area contributed by atoms with E-state index in [4.69, 9.17) is 0 Å². The summed E-state index contributed by atoms with van der Waals surface area (Å²) >= 11 is 0. The molecule has 10 nitrogen and oxygen atoms in total. The number of benzene rings is 1. The lowest BCUT2D eigenvalue weighted by molar-refractivity contribution is -0.142. The SMILES string of the molecule is Cc1ccc(F)c(C(=O)N[C@@H](C(=O)N2CCC3(CC2)C(=O)N(C)C(=O)N3Cc2cnn(C)c2)C(C)C)c1. The molecule has 2 aliphatic rings. The molecule has 2 aromatic rings. The number of carbonyl (C=O) groups excluding carboxylic acids is 4. The third-order valence-electron chi connectivity index (χ3n) is 7.32. The number of hydrogen-bond acceptors (Lipinski definition) is 5. The molecule has 1 spiro atoms. The quantitative estimate of drug-likeness (QED) is 0.597. The van der Waals surface area contributed by atoms with E-state index in [0.717, 1.165) is 16.0 Å². The number of imide groups is 1. The first-order chi connectivity index (χ1) is 17.4. The summed E-state index contributed by atoms with van der Waals surface area (Å²) in [5.41, 5.74) is 0.388. The van der Waals surface area contributed by atoms with Crippen LogP contribution in [0.2, 0.25) is 0 Å². The molecular formula is C26H33FN6O4. The smallest absolute Gasteiger partial charge is 0.327 e. The number of amides is 5. The van der Waals surface area contributed by atoms with Crippen LogP contribution in [0, 0.1) is 18.7 Å². The van der Waals surface area contributed by atoms with E-state index in [-0.39, 0.29) is 61.8 Å². The number of aromatic nitrogens is 2. The van der Waals surface area contributed by atoms with Gasteiger partial charge in [-0.05, 0) is 37.8 Å². The van der Waals surface area contributed by atoms with E-state index in [9.17, 15) is 23.6 Å². The minimum absolute atomic E-state index is 0.111. The van der Waals surface area contributed by atoms with E-state index in [1.54, 1.807) is 46.9 Å². The zero-order valence-electron chi connectivity index (χ0n) is 21.8. The molecule has 37 heavy (non-hydrogen) atoms. The van der Waals surface area contributed by atoms with Crippen molar-refractivity contribution in [3.05, 3.63) is 53.1 Å². The van der Waals surface area contributed by atoms with Crippen LogP contribution in [-0.4, -0.2) is 80.0 Å². The van der Waals surface area contributed by atoms with Crippen molar-refractivity contribution < 1.29 is 23.6 Å². The third-order valence-corrected chi connectivity index (χ3v) is 7.32. The Morgan fingerprint density at radius 2 is 1.84 bits per heavy atom. The van der Waals surface area contributed by atoms with Crippen LogP contribution in [0.25, 0.3) is 0 Å². The highest BCUT2D eigenvalue weighted by Crippen LogP contribution is 2.38. The summed E-state index contributed by atoms with van der Waals surface area (Å²) in [6.45, 7) is 6.11. The molecule has 0 bridgehead atoms. The molecule has 4 rings (SSSR count). The molecule has 198 valence electrons. The minimum Gasteiger partial charge on any atom is -0.341 e. The van der Waals surface area contributed by atoms with Crippen LogP contribution in [0.4, 0.5) is 9.18 Å². The number of rotatable bonds is 6. The second kappa shape index (κ2) is 9.95. The van der Waals surface area contributed by atoms with Gasteiger partial charge in [-0.1, -0.05) is 25.5 Å². The lowest BCUT2D eigenvalue weighted by Gasteiger charge is -2.43. The molecule has 1 atom stereocenters. The molecule has 2 fully saturated rings. The molecule has 11 heteroatoms. The Morgan fingerprint density at radius 3 is 2.43 bits per heavy atom. The van der Waals surface area contributed by atoms with Crippen molar-refractivity contribution in [1.82, 2.24) is 29.8 Å². The Kier molecular flexibility index (Phi) is 7.07. The van der Waals surface area contributed by atoms with E-state index < -0.39 is 23.3 Å². The lowest BCUT2D eigenvalue weighted by Crippen LogP contribution is -2.60. The van der Waals surface area contributed by atoms with Gasteiger partial charge in [0.1, 0.15) is 17.4 Å². The highest BCUT2D eigenvalue weighted by atomic mass is 19.1. The van der Waals surface area contributed by atoms with Gasteiger partial charge in [0.25, 0.3) is 11.8 Å². The van der Waals surface area contributed by atoms with Crippen molar-refractivity contribution in [1.29, 1.82) is 0 Å². The third kappa shape index (κ3) is 4.82. The van der Waals surface area contributed by atoms with Gasteiger partial charge in [-0.25, -0.2) is 9.18 Å². The van der Waals surface area contributed by atoms with Crippen molar-refractivity contribution in [2.24, 2.45) is 13.0 Å². The molecule has 0 saturated carbocycles. The average molecular weight is 513 g/mol. The van der Waals surface area contributed by atoms with Crippen LogP contribution in [0.1, 0.15) is 48.2 Å². The van der Waals surface area contributed by atoms with Crippen molar-refractivity contribution >= 4 is 23.8 Å². The van der Waals surface area contributed by atoms with Gasteiger partial charge in [-0.15, -0.1) is 0 Å². The Labute approximate surface area is 215 Å². The van der Waals surface area contributed by atoms with Gasteiger partial charge < -0.3 is 15.1 Å². The maximum absolute atomic E-state index is 14.3. The number of nitrogens with one attached hydrogen (secondary N) is 1. The van der Waals surface area contributed by atoms with E-state index >= 15 is 0 Å². The second-order valence-electron chi connectivity index (χ2n) is 10.3. The summed E-state index contributed by atoms with van der Waals surface area (Å²) < 4.78 is 15.9. The second-order valence-corrected chi connectivity index (χ2v) is 10.3. The summed E-state index contributed by atoms with van der Waals surface area (Å²) in [5, 5.41) is 6.86. The van der Waals surface area contributed by atoms with Crippen LogP contribution < -0.4 is 5.32 Å². The van der Waals surface area contributed by atoms with Crippen LogP contribution in [0.3, 0.4) is 0 Å². The first-order valence-corrected chi connectivity index (χ1v) is 12.4. The van der Waals surface area contributed by atoms with Gasteiger partial charge in [-0.2, -0.15) is 5.10 Å². The van der Waals surface area contributed by atoms with Gasteiger partial charge in [0.05, 0.1) is 18.3 Å². The summed E-state index contributed by atoms with van der Waals surface area (Å²) in [6.07, 6.45) is 4.02. The highest BCUT2D eigenvalue weighted by Gasteiger charge is 2.57. The average Bonchev–Trinajstić information content (AvgIpc) is 3.35. The van der Waals surface area contributed by atoms with Crippen LogP contribution in [-0.2, 0) is 23.2 Å². The predicted molar refractivity (Wildman–Crippen MR) is 133 cm³/mol. The number of carbonyl (C=O) groups is 4. The molecule has 1 aromatic heterocycles. The highest BCUT2D eigenvalue weighted by molar-refractivity contribution is 6.07. The van der Waals surface area contributed by atoms with E-state index in [1.807, 2.05) is 13.8 Å². The normalized spacial score (nSPS) is 18.2. The number of likely N-dealkylation sites (tertiary alicyclic amines) is 1. The number of hydrogen-bond donors (Lipinski definition) is 1. The summed E-state index contributed by atoms with van der Waals surface area (Å²) in [5.74, 6) is -2.13. The zero-order valence-corrected chi connectivity index (χ0v) is 21.8. The van der Waals surface area contributed by atoms with Crippen molar-refractivity contribution in [2.45, 2.75) is 51.7 Å². The fraction of sp³-hybridized carbons (Fsp3) is 0.500. The molecule has 0 radical (unpaired) electrons. The summed E-state index contributed by atoms with van der Waals surface area (Å²) in [6, 6.07) is 3.02. The van der Waals surface area contributed by atoms with Gasteiger partial charge in [0, 0.05) is 38.9 Å². The Hall–Kier alpha value is -3.76. The fourth-order valence-electron chi connectivity index (χ4n) is 5.16. The van der Waals surface area contributed by atoms with Crippen LogP contribution in [0.15, 0.2) is 30.6 Å². The molecule has 3 heterocycles. The molecule has 2 aliphatic heterocycles. The Morgan fingerprint density at radius 1 is 1.16 bits per heavy atom. The molecule has 0 unspecified atom stereocenters. The number of nitrogens with zero attached hydrogens (tertiary/aromatic N) is 5.